The normalized spacial score (nSPS) is 19.6. The van der Waals surface area contributed by atoms with Gasteiger partial charge in [0.25, 0.3) is 0 Å². The molecule has 1 fully saturated rings. The van der Waals surface area contributed by atoms with Crippen LogP contribution in [0.4, 0.5) is 0 Å². The lowest BCUT2D eigenvalue weighted by molar-refractivity contribution is 0.219. The van der Waals surface area contributed by atoms with Crippen molar-refractivity contribution in [3.05, 3.63) is 24.3 Å². The van der Waals surface area contributed by atoms with Gasteiger partial charge < -0.3 is 10.1 Å². The molecule has 2 heterocycles. The third-order valence-corrected chi connectivity index (χ3v) is 3.45. The molecule has 1 atom stereocenters. The van der Waals surface area contributed by atoms with Crippen LogP contribution >= 0.6 is 23.9 Å². The number of benzene rings is 1. The molecule has 0 bridgehead atoms. The molecule has 0 unspecified atom stereocenters. The molecule has 1 aromatic heterocycles. The Kier molecular flexibility index (Phi) is 3.63. The first-order chi connectivity index (χ1) is 7.43. The Bertz CT molecular complexity index is 468. The van der Waals surface area contributed by atoms with Crippen LogP contribution < -0.4 is 10.1 Å². The van der Waals surface area contributed by atoms with E-state index in [-0.39, 0.29) is 18.5 Å². The minimum absolute atomic E-state index is 0. The quantitative estimate of drug-likeness (QED) is 0.896. The second kappa shape index (κ2) is 4.99. The molecule has 0 saturated carbocycles. The lowest BCUT2D eigenvalue weighted by Gasteiger charge is -2.09. The van der Waals surface area contributed by atoms with Gasteiger partial charge in [0.15, 0.2) is 0 Å². The highest BCUT2D eigenvalue weighted by Gasteiger charge is 2.18. The summed E-state index contributed by atoms with van der Waals surface area (Å²) in [6, 6.07) is 8.20. The zero-order chi connectivity index (χ0) is 10.1. The highest BCUT2D eigenvalue weighted by atomic mass is 35.5. The van der Waals surface area contributed by atoms with Crippen LogP contribution in [0, 0.1) is 0 Å². The second-order valence-corrected chi connectivity index (χ2v) is 4.52. The van der Waals surface area contributed by atoms with E-state index in [4.69, 9.17) is 4.74 Å². The fourth-order valence-electron chi connectivity index (χ4n) is 1.83. The summed E-state index contributed by atoms with van der Waals surface area (Å²) in [5.41, 5.74) is 0. The van der Waals surface area contributed by atoms with Gasteiger partial charge in [0.05, 0.1) is 10.1 Å². The Morgan fingerprint density at radius 2 is 2.25 bits per heavy atom. The van der Waals surface area contributed by atoms with E-state index < -0.39 is 0 Å². The van der Waals surface area contributed by atoms with Crippen molar-refractivity contribution in [2.45, 2.75) is 12.5 Å². The van der Waals surface area contributed by atoms with Crippen molar-refractivity contribution in [2.75, 3.05) is 13.1 Å². The van der Waals surface area contributed by atoms with Gasteiger partial charge in [0, 0.05) is 6.54 Å². The summed E-state index contributed by atoms with van der Waals surface area (Å²) in [6.07, 6.45) is 1.36. The molecule has 16 heavy (non-hydrogen) atoms. The van der Waals surface area contributed by atoms with Gasteiger partial charge in [-0.2, -0.15) is 4.37 Å². The highest BCUT2D eigenvalue weighted by Crippen LogP contribution is 2.29. The summed E-state index contributed by atoms with van der Waals surface area (Å²) in [5.74, 6) is 0.796. The van der Waals surface area contributed by atoms with Gasteiger partial charge in [-0.15, -0.1) is 12.4 Å². The van der Waals surface area contributed by atoms with Crippen molar-refractivity contribution in [2.24, 2.45) is 0 Å². The van der Waals surface area contributed by atoms with E-state index in [9.17, 15) is 0 Å². The van der Waals surface area contributed by atoms with E-state index in [1.54, 1.807) is 0 Å². The van der Waals surface area contributed by atoms with Crippen LogP contribution in [-0.2, 0) is 0 Å². The number of halogens is 1. The fourth-order valence-corrected chi connectivity index (χ4v) is 2.55. The average Bonchev–Trinajstić information content (AvgIpc) is 2.89. The summed E-state index contributed by atoms with van der Waals surface area (Å²) in [6.45, 7) is 1.98. The van der Waals surface area contributed by atoms with E-state index >= 15 is 0 Å². The van der Waals surface area contributed by atoms with Gasteiger partial charge in [0.2, 0.25) is 5.88 Å². The molecule has 1 aromatic carbocycles. The third-order valence-electron chi connectivity index (χ3n) is 2.64. The first kappa shape index (κ1) is 11.6. The zero-order valence-electron chi connectivity index (χ0n) is 8.68. The van der Waals surface area contributed by atoms with Crippen LogP contribution in [0.5, 0.6) is 5.88 Å². The number of hydrogen-bond acceptors (Lipinski definition) is 4. The molecule has 86 valence electrons. The number of nitrogens with one attached hydrogen (secondary N) is 1. The van der Waals surface area contributed by atoms with Crippen LogP contribution in [0.3, 0.4) is 0 Å². The van der Waals surface area contributed by atoms with Crippen molar-refractivity contribution in [1.29, 1.82) is 0 Å². The second-order valence-electron chi connectivity index (χ2n) is 3.72. The number of fused-ring (bicyclic) bond motifs is 1. The van der Waals surface area contributed by atoms with E-state index in [0.29, 0.717) is 0 Å². The molecule has 2 aromatic rings. The van der Waals surface area contributed by atoms with Crippen molar-refractivity contribution in [3.63, 3.8) is 0 Å². The highest BCUT2D eigenvalue weighted by molar-refractivity contribution is 7.13. The van der Waals surface area contributed by atoms with E-state index in [0.717, 1.165) is 30.8 Å². The van der Waals surface area contributed by atoms with Gasteiger partial charge in [-0.1, -0.05) is 12.1 Å². The molecule has 1 saturated heterocycles. The molecule has 0 radical (unpaired) electrons. The standard InChI is InChI=1S/C11H12N2OS.ClH/c1-2-4-10-9(3-1)11(13-15-10)14-8-5-6-12-7-8;/h1-4,8,12H,5-7H2;1H/t8-;/m0./s1. The third kappa shape index (κ3) is 2.14. The monoisotopic (exact) mass is 256 g/mol. The lowest BCUT2D eigenvalue weighted by Crippen LogP contribution is -2.19. The SMILES string of the molecule is Cl.c1ccc2c(O[C@H]3CCNC3)nsc2c1. The molecule has 0 spiro atoms. The van der Waals surface area contributed by atoms with Gasteiger partial charge >= 0.3 is 0 Å². The van der Waals surface area contributed by atoms with Crippen LogP contribution in [0.25, 0.3) is 10.1 Å². The Morgan fingerprint density at radius 3 is 3.06 bits per heavy atom. The first-order valence-corrected chi connectivity index (χ1v) is 5.92. The maximum absolute atomic E-state index is 5.87. The molecule has 1 N–H and O–H groups in total. The van der Waals surface area contributed by atoms with E-state index in [1.807, 2.05) is 12.1 Å². The first-order valence-electron chi connectivity index (χ1n) is 5.15. The molecule has 3 nitrogen and oxygen atoms in total. The maximum Gasteiger partial charge on any atom is 0.233 e. The molecule has 1 aliphatic rings. The van der Waals surface area contributed by atoms with Gasteiger partial charge in [0.1, 0.15) is 6.10 Å². The lowest BCUT2D eigenvalue weighted by atomic mass is 10.3. The zero-order valence-corrected chi connectivity index (χ0v) is 10.3. The largest absolute Gasteiger partial charge is 0.472 e. The molecule has 1 aliphatic heterocycles. The predicted octanol–water partition coefficient (Wildman–Crippen LogP) is 2.46. The van der Waals surface area contributed by atoms with E-state index in [1.165, 1.54) is 16.2 Å². The van der Waals surface area contributed by atoms with Gasteiger partial charge in [-0.25, -0.2) is 0 Å². The van der Waals surface area contributed by atoms with E-state index in [2.05, 4.69) is 21.8 Å². The van der Waals surface area contributed by atoms with Crippen LogP contribution in [0.2, 0.25) is 0 Å². The molecular formula is C11H13ClN2OS. The summed E-state index contributed by atoms with van der Waals surface area (Å²) in [4.78, 5) is 0. The molecule has 5 heteroatoms. The molecular weight excluding hydrogens is 244 g/mol. The van der Waals surface area contributed by atoms with Crippen LogP contribution in [-0.4, -0.2) is 23.6 Å². The Morgan fingerprint density at radius 1 is 1.38 bits per heavy atom. The summed E-state index contributed by atoms with van der Waals surface area (Å²) < 4.78 is 11.4. The minimum atomic E-state index is 0. The predicted molar refractivity (Wildman–Crippen MR) is 68.8 cm³/mol. The summed E-state index contributed by atoms with van der Waals surface area (Å²) >= 11 is 1.50. The van der Waals surface area contributed by atoms with Crippen molar-refractivity contribution in [3.8, 4) is 5.88 Å². The Labute approximate surface area is 104 Å². The minimum Gasteiger partial charge on any atom is -0.472 e. The van der Waals surface area contributed by atoms with Crippen molar-refractivity contribution in [1.82, 2.24) is 9.69 Å². The fraction of sp³-hybridized carbons (Fsp3) is 0.364. The number of ether oxygens (including phenoxy) is 1. The molecule has 0 amide bonds. The average molecular weight is 257 g/mol. The smallest absolute Gasteiger partial charge is 0.233 e. The Hall–Kier alpha value is -0.840. The van der Waals surface area contributed by atoms with Crippen molar-refractivity contribution < 1.29 is 4.74 Å². The number of rotatable bonds is 2. The molecule has 0 aliphatic carbocycles. The summed E-state index contributed by atoms with van der Waals surface area (Å²) in [7, 11) is 0. The topological polar surface area (TPSA) is 34.1 Å². The summed E-state index contributed by atoms with van der Waals surface area (Å²) in [5, 5.41) is 4.42. The number of aromatic nitrogens is 1. The van der Waals surface area contributed by atoms with Crippen molar-refractivity contribution >= 4 is 34.0 Å². The van der Waals surface area contributed by atoms with Gasteiger partial charge in [-0.3, -0.25) is 0 Å². The van der Waals surface area contributed by atoms with Crippen LogP contribution in [0.1, 0.15) is 6.42 Å². The number of hydrogen-bond donors (Lipinski definition) is 1. The molecule has 3 rings (SSSR count). The maximum atomic E-state index is 5.87. The van der Waals surface area contributed by atoms with Crippen LogP contribution in [0.15, 0.2) is 24.3 Å². The van der Waals surface area contributed by atoms with Gasteiger partial charge in [-0.05, 0) is 36.6 Å². The Balaban J connectivity index is 0.000000963. The number of nitrogens with zero attached hydrogens (tertiary/aromatic N) is 1.